The van der Waals surface area contributed by atoms with E-state index < -0.39 is 69.2 Å². The van der Waals surface area contributed by atoms with Gasteiger partial charge < -0.3 is 5.11 Å². The van der Waals surface area contributed by atoms with Crippen molar-refractivity contribution in [2.24, 2.45) is 0 Å². The molecule has 30 heavy (non-hydrogen) atoms. The van der Waals surface area contributed by atoms with Crippen LogP contribution in [0.25, 0.3) is 5.69 Å². The van der Waals surface area contributed by atoms with Crippen molar-refractivity contribution >= 4 is 5.78 Å². The molecule has 0 fully saturated rings. The molecule has 0 aliphatic carbocycles. The van der Waals surface area contributed by atoms with E-state index in [1.807, 2.05) is 0 Å². The molecule has 13 heteroatoms. The number of aromatic hydroxyl groups is 1. The van der Waals surface area contributed by atoms with Crippen molar-refractivity contribution in [2.75, 3.05) is 0 Å². The number of halogens is 6. The molecule has 2 aromatic heterocycles. The Morgan fingerprint density at radius 3 is 2.00 bits per heavy atom. The van der Waals surface area contributed by atoms with Crippen molar-refractivity contribution < 1.29 is 55.7 Å². The van der Waals surface area contributed by atoms with Crippen LogP contribution in [-0.4, -0.2) is 25.7 Å². The molecule has 0 unspecified atom stereocenters. The van der Waals surface area contributed by atoms with Gasteiger partial charge in [0.05, 0.1) is 5.69 Å². The van der Waals surface area contributed by atoms with Crippen molar-refractivity contribution in [2.45, 2.75) is 6.92 Å². The minimum Gasteiger partial charge on any atom is -0.493 e. The van der Waals surface area contributed by atoms with E-state index in [9.17, 15) is 36.2 Å². The first kappa shape index (κ1) is 23.0. The predicted molar refractivity (Wildman–Crippen MR) is 82.1 cm³/mol. The maximum absolute atomic E-state index is 14.2. The Morgan fingerprint density at radius 2 is 1.53 bits per heavy atom. The molecule has 0 saturated carbocycles. The normalized spacial score (nSPS) is 10.5. The fourth-order valence-electron chi connectivity index (χ4n) is 2.58. The van der Waals surface area contributed by atoms with Gasteiger partial charge in [0.25, 0.3) is 0 Å². The summed E-state index contributed by atoms with van der Waals surface area (Å²) in [6.45, 7) is 1.09. The molecule has 0 saturated heterocycles. The Morgan fingerprint density at radius 1 is 1.03 bits per heavy atom. The molecule has 1 aromatic carbocycles. The topological polar surface area (TPSA) is 91.8 Å². The Bertz CT molecular complexity index is 1190. The van der Waals surface area contributed by atoms with E-state index in [1.165, 1.54) is 0 Å². The molecule has 1 N–H and O–H groups in total. The summed E-state index contributed by atoms with van der Waals surface area (Å²) in [4.78, 5) is 15.3. The number of aryl methyl sites for hydroxylation is 1. The number of nitrogens with zero attached hydrogens (tertiary/aromatic N) is 4. The van der Waals surface area contributed by atoms with Crippen molar-refractivity contribution in [3.8, 4) is 17.6 Å². The van der Waals surface area contributed by atoms with E-state index >= 15 is 0 Å². The van der Waals surface area contributed by atoms with Crippen molar-refractivity contribution in [3.05, 3.63) is 69.7 Å². The summed E-state index contributed by atoms with van der Waals surface area (Å²) >= 11 is 0. The third-order valence-electron chi connectivity index (χ3n) is 3.85. The van der Waals surface area contributed by atoms with Crippen molar-refractivity contribution in [3.63, 3.8) is 0 Å². The smallest absolute Gasteiger partial charge is 0.226 e. The molecule has 2 heterocycles. The van der Waals surface area contributed by atoms with Crippen LogP contribution in [0, 0.1) is 53.4 Å². The van der Waals surface area contributed by atoms with Gasteiger partial charge in [0.1, 0.15) is 22.9 Å². The monoisotopic (exact) mass is 476 g/mol. The second-order valence-electron chi connectivity index (χ2n) is 5.62. The van der Waals surface area contributed by atoms with Gasteiger partial charge in [-0.2, -0.15) is 28.8 Å². The second-order valence-corrected chi connectivity index (χ2v) is 5.62. The summed E-state index contributed by atoms with van der Waals surface area (Å²) in [5.74, 6) is -13.4. The minimum atomic E-state index is -2.06. The molecule has 0 bridgehead atoms. The summed E-state index contributed by atoms with van der Waals surface area (Å²) < 4.78 is 82.7. The zero-order valence-electron chi connectivity index (χ0n) is 14.8. The summed E-state index contributed by atoms with van der Waals surface area (Å²) in [5, 5.41) is 22.3. The van der Waals surface area contributed by atoms with Crippen LogP contribution in [0.1, 0.15) is 27.2 Å². The number of hydrogen-bond acceptors (Lipinski definition) is 5. The average Bonchev–Trinajstić information content (AvgIpc) is 2.93. The van der Waals surface area contributed by atoms with Crippen LogP contribution in [0.3, 0.4) is 0 Å². The predicted octanol–water partition coefficient (Wildman–Crippen LogP) is 3.22. The fourth-order valence-corrected chi connectivity index (χ4v) is 2.58. The van der Waals surface area contributed by atoms with Crippen molar-refractivity contribution in [1.82, 2.24) is 14.8 Å². The number of pyridine rings is 1. The second kappa shape index (κ2) is 8.24. The van der Waals surface area contributed by atoms with Gasteiger partial charge >= 0.3 is 0 Å². The first-order chi connectivity index (χ1) is 13.6. The number of carbonyl (C=O) groups excluding carboxylic acids is 1. The zero-order chi connectivity index (χ0) is 21.6. The molecular formula is C17H6F6N4O2Zn. The van der Waals surface area contributed by atoms with Crippen LogP contribution in [0.15, 0.2) is 12.1 Å². The van der Waals surface area contributed by atoms with Crippen LogP contribution < -0.4 is 0 Å². The Balaban J connectivity index is 0.00000320. The van der Waals surface area contributed by atoms with E-state index in [1.54, 1.807) is 0 Å². The van der Waals surface area contributed by atoms with E-state index in [0.29, 0.717) is 12.1 Å². The third kappa shape index (κ3) is 3.54. The summed E-state index contributed by atoms with van der Waals surface area (Å²) in [6.07, 6.45) is 0. The van der Waals surface area contributed by atoms with Gasteiger partial charge in [-0.15, -0.1) is 0 Å². The minimum absolute atomic E-state index is 0. The maximum Gasteiger partial charge on any atom is 0.226 e. The summed E-state index contributed by atoms with van der Waals surface area (Å²) in [6, 6.07) is 2.02. The third-order valence-corrected chi connectivity index (χ3v) is 3.85. The molecule has 0 atom stereocenters. The summed E-state index contributed by atoms with van der Waals surface area (Å²) in [7, 11) is 0. The molecule has 0 amide bonds. The van der Waals surface area contributed by atoms with Gasteiger partial charge in [-0.3, -0.25) is 4.79 Å². The van der Waals surface area contributed by atoms with Gasteiger partial charge in [0, 0.05) is 37.2 Å². The molecule has 150 valence electrons. The Kier molecular flexibility index (Phi) is 6.32. The van der Waals surface area contributed by atoms with Gasteiger partial charge in [-0.1, -0.05) is 0 Å². The van der Waals surface area contributed by atoms with E-state index in [-0.39, 0.29) is 29.9 Å². The number of benzene rings is 1. The molecule has 3 rings (SSSR count). The van der Waals surface area contributed by atoms with Crippen LogP contribution in [0.4, 0.5) is 26.3 Å². The van der Waals surface area contributed by atoms with Crippen LogP contribution in [0.2, 0.25) is 0 Å². The standard InChI is InChI=1S/C17H6F6N4O2.Zn/c1-5-10(16(28)6-2-8(18)25-9(19)3-6)17(29)27(26-5)15-13(22)11(20)7(4-24)12(21)14(15)23;/h2-3,29H,1H3;. The van der Waals surface area contributed by atoms with E-state index in [0.717, 1.165) is 13.0 Å². The van der Waals surface area contributed by atoms with Gasteiger partial charge in [-0.25, -0.2) is 17.6 Å². The Labute approximate surface area is 176 Å². The molecule has 0 aliphatic heterocycles. The number of carbonyl (C=O) groups is 1. The first-order valence-corrected chi connectivity index (χ1v) is 7.51. The number of nitriles is 1. The molecule has 0 spiro atoms. The zero-order valence-corrected chi connectivity index (χ0v) is 17.7. The van der Waals surface area contributed by atoms with Crippen LogP contribution in [0.5, 0.6) is 5.88 Å². The van der Waals surface area contributed by atoms with Crippen molar-refractivity contribution in [1.29, 1.82) is 5.26 Å². The number of rotatable bonds is 3. The quantitative estimate of drug-likeness (QED) is 0.206. The van der Waals surface area contributed by atoms with Crippen LogP contribution >= 0.6 is 0 Å². The first-order valence-electron chi connectivity index (χ1n) is 7.51. The fraction of sp³-hybridized carbons (Fsp3) is 0.0588. The Hall–Kier alpha value is -3.26. The molecule has 6 nitrogen and oxygen atoms in total. The molecule has 0 radical (unpaired) electrons. The van der Waals surface area contributed by atoms with E-state index in [4.69, 9.17) is 5.26 Å². The van der Waals surface area contributed by atoms with Gasteiger partial charge in [0.2, 0.25) is 23.6 Å². The summed E-state index contributed by atoms with van der Waals surface area (Å²) in [5.41, 5.74) is -4.81. The largest absolute Gasteiger partial charge is 0.493 e. The van der Waals surface area contributed by atoms with Gasteiger partial charge in [-0.05, 0) is 6.92 Å². The van der Waals surface area contributed by atoms with Crippen LogP contribution in [-0.2, 0) is 19.5 Å². The molecule has 3 aromatic rings. The SMILES string of the molecule is Cc1nn(-c2c(F)c(F)c(C#N)c(F)c2F)c(O)c1C(=O)c1cc(F)nc(F)c1.[Zn]. The number of hydrogen-bond donors (Lipinski definition) is 1. The molecular weight excluding hydrogens is 472 g/mol. The van der Waals surface area contributed by atoms with E-state index in [2.05, 4.69) is 10.1 Å². The average molecular weight is 478 g/mol. The number of ketones is 1. The molecule has 0 aliphatic rings. The maximum atomic E-state index is 14.2. The number of aromatic nitrogens is 3. The van der Waals surface area contributed by atoms with Gasteiger partial charge in [0.15, 0.2) is 23.3 Å².